The molecule has 4 saturated carbocycles. The molecule has 4 aliphatic rings. The van der Waals surface area contributed by atoms with Crippen LogP contribution in [0.5, 0.6) is 0 Å². The molecule has 1 heterocycles. The molecular formula is C17H21NO3. The zero-order valence-electron chi connectivity index (χ0n) is 12.4. The minimum absolute atomic E-state index is 0.118. The van der Waals surface area contributed by atoms with Gasteiger partial charge in [-0.3, -0.25) is 0 Å². The maximum absolute atomic E-state index is 12.6. The van der Waals surface area contributed by atoms with Crippen LogP contribution in [0, 0.1) is 23.2 Å². The van der Waals surface area contributed by atoms with Crippen molar-refractivity contribution < 1.29 is 14.0 Å². The Labute approximate surface area is 124 Å². The van der Waals surface area contributed by atoms with E-state index in [-0.39, 0.29) is 11.4 Å². The van der Waals surface area contributed by atoms with E-state index in [0.29, 0.717) is 11.5 Å². The van der Waals surface area contributed by atoms with Crippen LogP contribution in [0.1, 0.15) is 51.2 Å². The summed E-state index contributed by atoms with van der Waals surface area (Å²) >= 11 is 0. The Morgan fingerprint density at radius 1 is 1.24 bits per heavy atom. The first kappa shape index (κ1) is 13.1. The van der Waals surface area contributed by atoms with E-state index < -0.39 is 0 Å². The largest absolute Gasteiger partial charge is 0.463 e. The van der Waals surface area contributed by atoms with E-state index in [1.807, 2.05) is 6.07 Å². The monoisotopic (exact) mass is 287 g/mol. The van der Waals surface area contributed by atoms with Gasteiger partial charge in [-0.2, -0.15) is 0 Å². The lowest BCUT2D eigenvalue weighted by molar-refractivity contribution is -0.171. The Bertz CT molecular complexity index is 538. The van der Waals surface area contributed by atoms with E-state index in [1.54, 1.807) is 19.3 Å². The van der Waals surface area contributed by atoms with Crippen molar-refractivity contribution in [2.45, 2.75) is 45.4 Å². The van der Waals surface area contributed by atoms with Gasteiger partial charge in [0.1, 0.15) is 5.71 Å². The SMILES string of the molecule is C/C(=N\OC(=O)C12CC3CC(CC(C3)C1)C2)c1ccco1. The average Bonchev–Trinajstić information content (AvgIpc) is 2.97. The van der Waals surface area contributed by atoms with Gasteiger partial charge in [0.2, 0.25) is 0 Å². The molecule has 5 rings (SSSR count). The van der Waals surface area contributed by atoms with E-state index in [2.05, 4.69) is 5.16 Å². The van der Waals surface area contributed by atoms with Gasteiger partial charge < -0.3 is 9.25 Å². The fourth-order valence-electron chi connectivity index (χ4n) is 5.10. The van der Waals surface area contributed by atoms with Gasteiger partial charge in [0.05, 0.1) is 11.7 Å². The normalized spacial score (nSPS) is 37.8. The average molecular weight is 287 g/mol. The molecule has 4 fully saturated rings. The second-order valence-corrected chi connectivity index (χ2v) is 7.23. The lowest BCUT2D eigenvalue weighted by Crippen LogP contribution is -2.50. The van der Waals surface area contributed by atoms with Crippen molar-refractivity contribution in [3.8, 4) is 0 Å². The van der Waals surface area contributed by atoms with Crippen molar-refractivity contribution >= 4 is 11.7 Å². The molecular weight excluding hydrogens is 266 g/mol. The maximum Gasteiger partial charge on any atom is 0.341 e. The quantitative estimate of drug-likeness (QED) is 0.483. The van der Waals surface area contributed by atoms with Crippen LogP contribution in [-0.2, 0) is 9.63 Å². The predicted octanol–water partition coefficient (Wildman–Crippen LogP) is 3.76. The summed E-state index contributed by atoms with van der Waals surface area (Å²) in [5.41, 5.74) is 0.361. The third-order valence-corrected chi connectivity index (χ3v) is 5.61. The van der Waals surface area contributed by atoms with Crippen molar-refractivity contribution in [3.05, 3.63) is 24.2 Å². The van der Waals surface area contributed by atoms with Crippen molar-refractivity contribution in [2.75, 3.05) is 0 Å². The van der Waals surface area contributed by atoms with Crippen LogP contribution in [0.4, 0.5) is 0 Å². The van der Waals surface area contributed by atoms with E-state index in [9.17, 15) is 4.79 Å². The molecule has 0 radical (unpaired) electrons. The predicted molar refractivity (Wildman–Crippen MR) is 77.6 cm³/mol. The van der Waals surface area contributed by atoms with Gasteiger partial charge in [-0.25, -0.2) is 4.79 Å². The molecule has 4 nitrogen and oxygen atoms in total. The maximum atomic E-state index is 12.6. The van der Waals surface area contributed by atoms with E-state index in [4.69, 9.17) is 9.25 Å². The number of carbonyl (C=O) groups excluding carboxylic acids is 1. The molecule has 0 N–H and O–H groups in total. The molecule has 4 bridgehead atoms. The van der Waals surface area contributed by atoms with Crippen molar-refractivity contribution in [1.29, 1.82) is 0 Å². The zero-order valence-corrected chi connectivity index (χ0v) is 12.4. The number of furan rings is 1. The van der Waals surface area contributed by atoms with Crippen LogP contribution in [0.2, 0.25) is 0 Å². The van der Waals surface area contributed by atoms with Crippen LogP contribution in [0.25, 0.3) is 0 Å². The standard InChI is InChI=1S/C17H21NO3/c1-11(15-3-2-4-20-15)18-21-16(19)17-8-12-5-13(9-17)7-14(6-12)10-17/h2-4,12-14H,5-10H2,1H3/b18-11+. The second-order valence-electron chi connectivity index (χ2n) is 7.23. The molecule has 0 spiro atoms. The van der Waals surface area contributed by atoms with Gasteiger partial charge in [-0.15, -0.1) is 0 Å². The Morgan fingerprint density at radius 2 is 1.86 bits per heavy atom. The van der Waals surface area contributed by atoms with Gasteiger partial charge in [-0.1, -0.05) is 5.16 Å². The van der Waals surface area contributed by atoms with E-state index in [0.717, 1.165) is 37.0 Å². The summed E-state index contributed by atoms with van der Waals surface area (Å²) in [6.07, 6.45) is 8.58. The minimum Gasteiger partial charge on any atom is -0.463 e. The van der Waals surface area contributed by atoms with Crippen LogP contribution >= 0.6 is 0 Å². The molecule has 0 saturated heterocycles. The molecule has 112 valence electrons. The number of oxime groups is 1. The van der Waals surface area contributed by atoms with Crippen LogP contribution < -0.4 is 0 Å². The molecule has 0 aromatic carbocycles. The van der Waals surface area contributed by atoms with Crippen molar-refractivity contribution in [1.82, 2.24) is 0 Å². The highest BCUT2D eigenvalue weighted by Crippen LogP contribution is 2.60. The summed E-state index contributed by atoms with van der Waals surface area (Å²) in [5, 5.41) is 4.00. The zero-order chi connectivity index (χ0) is 14.4. The third kappa shape index (κ3) is 2.21. The Hall–Kier alpha value is -1.58. The van der Waals surface area contributed by atoms with E-state index >= 15 is 0 Å². The first-order chi connectivity index (χ1) is 10.1. The van der Waals surface area contributed by atoms with Gasteiger partial charge >= 0.3 is 5.97 Å². The van der Waals surface area contributed by atoms with Crippen LogP contribution in [-0.4, -0.2) is 11.7 Å². The van der Waals surface area contributed by atoms with Crippen molar-refractivity contribution in [2.24, 2.45) is 28.3 Å². The first-order valence-corrected chi connectivity index (χ1v) is 7.94. The van der Waals surface area contributed by atoms with Gasteiger partial charge in [0.25, 0.3) is 0 Å². The first-order valence-electron chi connectivity index (χ1n) is 7.94. The molecule has 4 aliphatic carbocycles. The van der Waals surface area contributed by atoms with Crippen LogP contribution in [0.3, 0.4) is 0 Å². The summed E-state index contributed by atoms with van der Waals surface area (Å²) in [4.78, 5) is 17.9. The molecule has 0 amide bonds. The smallest absolute Gasteiger partial charge is 0.341 e. The fraction of sp³-hybridized carbons (Fsp3) is 0.647. The fourth-order valence-corrected chi connectivity index (χ4v) is 5.10. The molecule has 1 aromatic heterocycles. The highest BCUT2D eigenvalue weighted by atomic mass is 16.7. The summed E-state index contributed by atoms with van der Waals surface area (Å²) in [5.74, 6) is 2.73. The number of rotatable bonds is 3. The Balaban J connectivity index is 1.49. The summed E-state index contributed by atoms with van der Waals surface area (Å²) in [7, 11) is 0. The summed E-state index contributed by atoms with van der Waals surface area (Å²) < 4.78 is 5.25. The highest BCUT2D eigenvalue weighted by molar-refractivity contribution is 5.96. The Kier molecular flexibility index (Phi) is 2.95. The number of hydrogen-bond acceptors (Lipinski definition) is 4. The number of hydrogen-bond donors (Lipinski definition) is 0. The topological polar surface area (TPSA) is 51.8 Å². The summed E-state index contributed by atoms with van der Waals surface area (Å²) in [6, 6.07) is 3.62. The van der Waals surface area contributed by atoms with Gasteiger partial charge in [-0.05, 0) is 75.3 Å². The lowest BCUT2D eigenvalue weighted by Gasteiger charge is -2.54. The van der Waals surface area contributed by atoms with Gasteiger partial charge in [0, 0.05) is 0 Å². The number of carbonyl (C=O) groups is 1. The molecule has 0 atom stereocenters. The number of nitrogens with zero attached hydrogens (tertiary/aromatic N) is 1. The molecule has 4 heteroatoms. The molecule has 1 aromatic rings. The highest BCUT2D eigenvalue weighted by Gasteiger charge is 2.55. The lowest BCUT2D eigenvalue weighted by atomic mass is 9.49. The molecule has 21 heavy (non-hydrogen) atoms. The molecule has 0 unspecified atom stereocenters. The van der Waals surface area contributed by atoms with Crippen molar-refractivity contribution in [3.63, 3.8) is 0 Å². The third-order valence-electron chi connectivity index (χ3n) is 5.61. The van der Waals surface area contributed by atoms with Crippen LogP contribution in [0.15, 0.2) is 28.0 Å². The second kappa shape index (κ2) is 4.72. The minimum atomic E-state index is -0.248. The van der Waals surface area contributed by atoms with Gasteiger partial charge in [0.15, 0.2) is 5.76 Å². The summed E-state index contributed by atoms with van der Waals surface area (Å²) in [6.45, 7) is 1.80. The Morgan fingerprint density at radius 3 is 2.38 bits per heavy atom. The molecule has 0 aliphatic heterocycles. The van der Waals surface area contributed by atoms with E-state index in [1.165, 1.54) is 19.3 Å².